The van der Waals surface area contributed by atoms with Crippen LogP contribution >= 0.6 is 0 Å². The van der Waals surface area contributed by atoms with Gasteiger partial charge in [-0.1, -0.05) is 0 Å². The molecule has 0 amide bonds. The zero-order valence-electron chi connectivity index (χ0n) is 3.87. The van der Waals surface area contributed by atoms with Crippen LogP contribution in [0.1, 0.15) is 0 Å². The highest BCUT2D eigenvalue weighted by Crippen LogP contribution is 1.71. The Morgan fingerprint density at radius 3 is 1.71 bits per heavy atom. The number of rotatable bonds is 2. The van der Waals surface area contributed by atoms with E-state index >= 15 is 0 Å². The van der Waals surface area contributed by atoms with Gasteiger partial charge in [0.2, 0.25) is 0 Å². The average Bonchev–Trinajstić information content (AvgIpc) is 1.69. The van der Waals surface area contributed by atoms with Gasteiger partial charge in [0.1, 0.15) is 12.5 Å². The fourth-order valence-corrected chi connectivity index (χ4v) is 0.136. The van der Waals surface area contributed by atoms with E-state index in [9.17, 15) is 0 Å². The lowest BCUT2D eigenvalue weighted by Crippen LogP contribution is -1.79. The summed E-state index contributed by atoms with van der Waals surface area (Å²) in [6.45, 7) is 0. The van der Waals surface area contributed by atoms with Crippen molar-refractivity contribution in [3.8, 4) is 0 Å². The summed E-state index contributed by atoms with van der Waals surface area (Å²) in [5.74, 6) is 0. The summed E-state index contributed by atoms with van der Waals surface area (Å²) < 4.78 is 4.52. The lowest BCUT2D eigenvalue weighted by Gasteiger charge is -1.82. The molecule has 0 aliphatic carbocycles. The van der Waals surface area contributed by atoms with Gasteiger partial charge in [0.15, 0.2) is 0 Å². The Labute approximate surface area is 42.2 Å². The monoisotopic (exact) mass is 100 g/mol. The predicted octanol–water partition coefficient (Wildman–Crippen LogP) is -0.137. The molecule has 3 nitrogen and oxygen atoms in total. The van der Waals surface area contributed by atoms with Crippen LogP contribution in [-0.4, -0.2) is 0 Å². The van der Waals surface area contributed by atoms with Crippen molar-refractivity contribution in [1.82, 2.24) is 0 Å². The standard InChI is InChI=1S/C4H8N2O/c5-1-3-7-4-2-6/h1-4H,5-6H2/b3-1+,4-2+. The fraction of sp³-hybridized carbons (Fsp3) is 0. The first kappa shape index (κ1) is 5.88. The summed E-state index contributed by atoms with van der Waals surface area (Å²) in [4.78, 5) is 0. The highest BCUT2D eigenvalue weighted by atomic mass is 16.5. The van der Waals surface area contributed by atoms with Crippen LogP contribution in [0.15, 0.2) is 24.9 Å². The van der Waals surface area contributed by atoms with Crippen molar-refractivity contribution < 1.29 is 4.74 Å². The first-order valence-corrected chi connectivity index (χ1v) is 1.80. The summed E-state index contributed by atoms with van der Waals surface area (Å²) in [6.07, 6.45) is 5.20. The number of nitrogens with two attached hydrogens (primary N) is 2. The summed E-state index contributed by atoms with van der Waals surface area (Å²) in [5, 5.41) is 0. The van der Waals surface area contributed by atoms with Gasteiger partial charge in [0, 0.05) is 12.4 Å². The Morgan fingerprint density at radius 2 is 1.43 bits per heavy atom. The van der Waals surface area contributed by atoms with Crippen molar-refractivity contribution in [3.05, 3.63) is 24.9 Å². The lowest BCUT2D eigenvalue weighted by atomic mass is 10.9. The Bertz CT molecular complexity index is 67.8. The van der Waals surface area contributed by atoms with E-state index < -0.39 is 0 Å². The maximum Gasteiger partial charge on any atom is 0.106 e. The molecule has 0 aliphatic heterocycles. The largest absolute Gasteiger partial charge is 0.470 e. The second kappa shape index (κ2) is 4.88. The van der Waals surface area contributed by atoms with Crippen molar-refractivity contribution in [2.45, 2.75) is 0 Å². The second-order valence-corrected chi connectivity index (χ2v) is 0.793. The first-order chi connectivity index (χ1) is 3.41. The van der Waals surface area contributed by atoms with Gasteiger partial charge < -0.3 is 16.2 Å². The van der Waals surface area contributed by atoms with Gasteiger partial charge in [-0.15, -0.1) is 0 Å². The molecule has 3 heteroatoms. The molecular weight excluding hydrogens is 92.1 g/mol. The third-order valence-corrected chi connectivity index (χ3v) is 0.314. The summed E-state index contributed by atoms with van der Waals surface area (Å²) in [7, 11) is 0. The van der Waals surface area contributed by atoms with Crippen LogP contribution < -0.4 is 11.5 Å². The molecule has 0 aromatic carbocycles. The van der Waals surface area contributed by atoms with Crippen LogP contribution in [0.25, 0.3) is 0 Å². The summed E-state index contributed by atoms with van der Waals surface area (Å²) >= 11 is 0. The molecule has 7 heavy (non-hydrogen) atoms. The molecule has 0 bridgehead atoms. The molecule has 0 aromatic rings. The Balaban J connectivity index is 2.98. The van der Waals surface area contributed by atoms with Gasteiger partial charge in [0.05, 0.1) is 0 Å². The minimum Gasteiger partial charge on any atom is -0.470 e. The van der Waals surface area contributed by atoms with E-state index in [4.69, 9.17) is 11.5 Å². The molecule has 40 valence electrons. The van der Waals surface area contributed by atoms with Gasteiger partial charge in [0.25, 0.3) is 0 Å². The van der Waals surface area contributed by atoms with Gasteiger partial charge in [-0.05, 0) is 0 Å². The molecule has 0 saturated heterocycles. The third kappa shape index (κ3) is 4.88. The maximum absolute atomic E-state index is 4.89. The number of hydrogen-bond acceptors (Lipinski definition) is 3. The molecule has 0 saturated carbocycles. The van der Waals surface area contributed by atoms with E-state index in [0.29, 0.717) is 0 Å². The van der Waals surface area contributed by atoms with Gasteiger partial charge in [-0.25, -0.2) is 0 Å². The highest BCUT2D eigenvalue weighted by molar-refractivity contribution is 4.71. The zero-order chi connectivity index (χ0) is 5.54. The Morgan fingerprint density at radius 1 is 1.00 bits per heavy atom. The SMILES string of the molecule is N/C=C/O/C=C/N. The van der Waals surface area contributed by atoms with E-state index in [0.717, 1.165) is 0 Å². The zero-order valence-corrected chi connectivity index (χ0v) is 3.87. The molecule has 0 heterocycles. The second-order valence-electron chi connectivity index (χ2n) is 0.793. The molecule has 0 aromatic heterocycles. The molecule has 0 rings (SSSR count). The molecule has 0 aliphatic rings. The van der Waals surface area contributed by atoms with Crippen molar-refractivity contribution in [3.63, 3.8) is 0 Å². The van der Waals surface area contributed by atoms with Crippen LogP contribution in [0.4, 0.5) is 0 Å². The minimum atomic E-state index is 1.28. The predicted molar refractivity (Wildman–Crippen MR) is 27.7 cm³/mol. The molecule has 0 fully saturated rings. The van der Waals surface area contributed by atoms with Gasteiger partial charge in [-0.3, -0.25) is 0 Å². The van der Waals surface area contributed by atoms with E-state index in [1.54, 1.807) is 0 Å². The van der Waals surface area contributed by atoms with Crippen LogP contribution in [0.2, 0.25) is 0 Å². The average molecular weight is 100 g/mol. The van der Waals surface area contributed by atoms with Gasteiger partial charge >= 0.3 is 0 Å². The normalized spacial score (nSPS) is 10.9. The van der Waals surface area contributed by atoms with E-state index in [-0.39, 0.29) is 0 Å². The number of hydrogen-bond donors (Lipinski definition) is 2. The molecule has 4 N–H and O–H groups in total. The highest BCUT2D eigenvalue weighted by Gasteiger charge is 1.57. The maximum atomic E-state index is 4.89. The smallest absolute Gasteiger partial charge is 0.106 e. The minimum absolute atomic E-state index is 1.28. The van der Waals surface area contributed by atoms with Crippen molar-refractivity contribution in [2.24, 2.45) is 11.5 Å². The Hall–Kier alpha value is -1.12. The molecule has 0 spiro atoms. The summed E-state index contributed by atoms with van der Waals surface area (Å²) in [6, 6.07) is 0. The van der Waals surface area contributed by atoms with Crippen molar-refractivity contribution in [1.29, 1.82) is 0 Å². The van der Waals surface area contributed by atoms with E-state index in [1.165, 1.54) is 24.9 Å². The van der Waals surface area contributed by atoms with Crippen molar-refractivity contribution in [2.75, 3.05) is 0 Å². The fourth-order valence-electron chi connectivity index (χ4n) is 0.136. The van der Waals surface area contributed by atoms with Crippen LogP contribution in [0, 0.1) is 0 Å². The van der Waals surface area contributed by atoms with Crippen LogP contribution in [-0.2, 0) is 4.74 Å². The quantitative estimate of drug-likeness (QED) is 0.475. The molecular formula is C4H8N2O. The lowest BCUT2D eigenvalue weighted by molar-refractivity contribution is 0.400. The third-order valence-electron chi connectivity index (χ3n) is 0.314. The molecule has 0 unspecified atom stereocenters. The van der Waals surface area contributed by atoms with Crippen LogP contribution in [0.3, 0.4) is 0 Å². The van der Waals surface area contributed by atoms with Gasteiger partial charge in [-0.2, -0.15) is 0 Å². The van der Waals surface area contributed by atoms with E-state index in [2.05, 4.69) is 4.74 Å². The van der Waals surface area contributed by atoms with Crippen LogP contribution in [0.5, 0.6) is 0 Å². The van der Waals surface area contributed by atoms with E-state index in [1.807, 2.05) is 0 Å². The van der Waals surface area contributed by atoms with Crippen molar-refractivity contribution >= 4 is 0 Å². The Kier molecular flexibility index (Phi) is 4.10. The topological polar surface area (TPSA) is 61.3 Å². The molecule has 0 radical (unpaired) electrons. The molecule has 0 atom stereocenters. The first-order valence-electron chi connectivity index (χ1n) is 1.80. The summed E-state index contributed by atoms with van der Waals surface area (Å²) in [5.41, 5.74) is 9.78. The number of ether oxygens (including phenoxy) is 1.